The summed E-state index contributed by atoms with van der Waals surface area (Å²) in [4.78, 5) is 25.6. The van der Waals surface area contributed by atoms with Crippen LogP contribution in [-0.4, -0.2) is 29.8 Å². The number of nitrogens with zero attached hydrogens (tertiary/aromatic N) is 1. The number of likely N-dealkylation sites (tertiary alicyclic amines) is 1. The van der Waals surface area contributed by atoms with Crippen molar-refractivity contribution in [2.24, 2.45) is 0 Å². The van der Waals surface area contributed by atoms with Crippen LogP contribution in [0.25, 0.3) is 0 Å². The van der Waals surface area contributed by atoms with Gasteiger partial charge in [0.15, 0.2) is 0 Å². The largest absolute Gasteiger partial charge is 0.334 e. The Labute approximate surface area is 113 Å². The normalized spacial score (nSPS) is 14.6. The fourth-order valence-electron chi connectivity index (χ4n) is 2.61. The maximum Gasteiger partial charge on any atom is 0.313 e. The Balaban J connectivity index is 2.12. The molecule has 1 heterocycles. The Morgan fingerprint density at radius 2 is 1.58 bits per heavy atom. The summed E-state index contributed by atoms with van der Waals surface area (Å²) in [5, 5.41) is 2.75. The number of carbonyl (C=O) groups excluding carboxylic acids is 2. The molecule has 0 spiro atoms. The molecule has 1 fully saturated rings. The minimum atomic E-state index is -0.531. The van der Waals surface area contributed by atoms with Crippen LogP contribution in [0.3, 0.4) is 0 Å². The summed E-state index contributed by atoms with van der Waals surface area (Å²) in [5.41, 5.74) is 3.88. The average Bonchev–Trinajstić information content (AvgIpc) is 2.86. The lowest BCUT2D eigenvalue weighted by Crippen LogP contribution is -2.38. The first-order valence-electron chi connectivity index (χ1n) is 6.67. The highest BCUT2D eigenvalue weighted by molar-refractivity contribution is 6.39. The van der Waals surface area contributed by atoms with E-state index >= 15 is 0 Å². The highest BCUT2D eigenvalue weighted by atomic mass is 16.2. The minimum Gasteiger partial charge on any atom is -0.334 e. The molecule has 102 valence electrons. The summed E-state index contributed by atoms with van der Waals surface area (Å²) in [6, 6.07) is 4.01. The van der Waals surface area contributed by atoms with Gasteiger partial charge in [0.05, 0.1) is 0 Å². The van der Waals surface area contributed by atoms with Gasteiger partial charge in [-0.05, 0) is 44.7 Å². The summed E-state index contributed by atoms with van der Waals surface area (Å²) in [6.07, 6.45) is 1.98. The smallest absolute Gasteiger partial charge is 0.313 e. The number of rotatable bonds is 1. The van der Waals surface area contributed by atoms with Gasteiger partial charge in [-0.3, -0.25) is 9.59 Å². The van der Waals surface area contributed by atoms with Crippen molar-refractivity contribution < 1.29 is 9.59 Å². The maximum absolute atomic E-state index is 12.0. The molecule has 0 radical (unpaired) electrons. The van der Waals surface area contributed by atoms with Crippen molar-refractivity contribution in [3.63, 3.8) is 0 Å². The Bertz CT molecular complexity index is 494. The number of nitrogens with one attached hydrogen (secondary N) is 1. The maximum atomic E-state index is 12.0. The van der Waals surface area contributed by atoms with Crippen molar-refractivity contribution in [1.29, 1.82) is 0 Å². The molecule has 1 N–H and O–H groups in total. The first kappa shape index (κ1) is 13.6. The standard InChI is InChI=1S/C15H20N2O2/c1-10-8-11(2)13(12(3)9-10)16-14(18)15(19)17-6-4-5-7-17/h8-9H,4-7H2,1-3H3,(H,16,18). The van der Waals surface area contributed by atoms with Crippen LogP contribution >= 0.6 is 0 Å². The molecule has 1 aromatic rings. The van der Waals surface area contributed by atoms with Crippen molar-refractivity contribution in [3.8, 4) is 0 Å². The molecule has 0 atom stereocenters. The highest BCUT2D eigenvalue weighted by Crippen LogP contribution is 2.22. The molecular weight excluding hydrogens is 240 g/mol. The van der Waals surface area contributed by atoms with Gasteiger partial charge in [-0.1, -0.05) is 17.7 Å². The van der Waals surface area contributed by atoms with Crippen molar-refractivity contribution >= 4 is 17.5 Å². The second-order valence-electron chi connectivity index (χ2n) is 5.23. The summed E-state index contributed by atoms with van der Waals surface area (Å²) in [6.45, 7) is 7.28. The molecule has 1 aliphatic rings. The second-order valence-corrected chi connectivity index (χ2v) is 5.23. The lowest BCUT2D eigenvalue weighted by molar-refractivity contribution is -0.142. The Morgan fingerprint density at radius 1 is 1.05 bits per heavy atom. The van der Waals surface area contributed by atoms with Gasteiger partial charge < -0.3 is 10.2 Å². The second kappa shape index (κ2) is 5.43. The topological polar surface area (TPSA) is 49.4 Å². The zero-order valence-electron chi connectivity index (χ0n) is 11.7. The third kappa shape index (κ3) is 2.95. The zero-order chi connectivity index (χ0) is 14.0. The highest BCUT2D eigenvalue weighted by Gasteiger charge is 2.25. The van der Waals surface area contributed by atoms with E-state index in [1.165, 1.54) is 0 Å². The third-order valence-corrected chi connectivity index (χ3v) is 3.50. The molecule has 1 aliphatic heterocycles. The summed E-state index contributed by atoms with van der Waals surface area (Å²) in [7, 11) is 0. The SMILES string of the molecule is Cc1cc(C)c(NC(=O)C(=O)N2CCCC2)c(C)c1. The molecule has 2 amide bonds. The third-order valence-electron chi connectivity index (χ3n) is 3.50. The van der Waals surface area contributed by atoms with Crippen LogP contribution in [0.15, 0.2) is 12.1 Å². The first-order chi connectivity index (χ1) is 8.99. The minimum absolute atomic E-state index is 0.420. The summed E-state index contributed by atoms with van der Waals surface area (Å²) in [5.74, 6) is -0.950. The van der Waals surface area contributed by atoms with Gasteiger partial charge in [0.25, 0.3) is 0 Å². The van der Waals surface area contributed by atoms with Crippen LogP contribution in [0, 0.1) is 20.8 Å². The van der Waals surface area contributed by atoms with E-state index < -0.39 is 11.8 Å². The summed E-state index contributed by atoms with van der Waals surface area (Å²) < 4.78 is 0. The van der Waals surface area contributed by atoms with Crippen molar-refractivity contribution in [2.45, 2.75) is 33.6 Å². The molecular formula is C15H20N2O2. The number of benzene rings is 1. The van der Waals surface area contributed by atoms with Crippen LogP contribution in [0.1, 0.15) is 29.5 Å². The molecule has 4 nitrogen and oxygen atoms in total. The fourth-order valence-corrected chi connectivity index (χ4v) is 2.61. The fraction of sp³-hybridized carbons (Fsp3) is 0.467. The molecule has 0 aliphatic carbocycles. The van der Waals surface area contributed by atoms with E-state index in [0.717, 1.165) is 35.2 Å². The van der Waals surface area contributed by atoms with Crippen LogP contribution in [0.2, 0.25) is 0 Å². The van der Waals surface area contributed by atoms with Gasteiger partial charge in [0.2, 0.25) is 0 Å². The van der Waals surface area contributed by atoms with Crippen molar-refractivity contribution in [2.75, 3.05) is 18.4 Å². The lowest BCUT2D eigenvalue weighted by atomic mass is 10.1. The first-order valence-corrected chi connectivity index (χ1v) is 6.67. The predicted molar refractivity (Wildman–Crippen MR) is 75.1 cm³/mol. The van der Waals surface area contributed by atoms with Crippen LogP contribution < -0.4 is 5.32 Å². The van der Waals surface area contributed by atoms with Crippen molar-refractivity contribution in [3.05, 3.63) is 28.8 Å². The van der Waals surface area contributed by atoms with Crippen LogP contribution in [0.4, 0.5) is 5.69 Å². The van der Waals surface area contributed by atoms with Gasteiger partial charge >= 0.3 is 11.8 Å². The quantitative estimate of drug-likeness (QED) is 0.787. The Morgan fingerprint density at radius 3 is 2.11 bits per heavy atom. The van der Waals surface area contributed by atoms with E-state index in [0.29, 0.717) is 13.1 Å². The molecule has 19 heavy (non-hydrogen) atoms. The molecule has 1 saturated heterocycles. The van der Waals surface area contributed by atoms with Gasteiger partial charge in [0, 0.05) is 18.8 Å². The molecule has 2 rings (SSSR count). The van der Waals surface area contributed by atoms with Crippen LogP contribution in [0.5, 0.6) is 0 Å². The predicted octanol–water partition coefficient (Wildman–Crippen LogP) is 2.17. The van der Waals surface area contributed by atoms with Gasteiger partial charge in [0.1, 0.15) is 0 Å². The average molecular weight is 260 g/mol. The number of anilines is 1. The number of hydrogen-bond donors (Lipinski definition) is 1. The van der Waals surface area contributed by atoms with Gasteiger partial charge in [-0.25, -0.2) is 0 Å². The number of aryl methyl sites for hydroxylation is 3. The molecule has 0 unspecified atom stereocenters. The van der Waals surface area contributed by atoms with Crippen molar-refractivity contribution in [1.82, 2.24) is 4.90 Å². The van der Waals surface area contributed by atoms with E-state index in [1.807, 2.05) is 32.9 Å². The molecule has 0 bridgehead atoms. The molecule has 0 aromatic heterocycles. The van der Waals surface area contributed by atoms with E-state index in [9.17, 15) is 9.59 Å². The van der Waals surface area contributed by atoms with E-state index in [2.05, 4.69) is 5.32 Å². The van der Waals surface area contributed by atoms with Gasteiger partial charge in [-0.15, -0.1) is 0 Å². The van der Waals surface area contributed by atoms with Gasteiger partial charge in [-0.2, -0.15) is 0 Å². The molecule has 4 heteroatoms. The molecule has 0 saturated carbocycles. The summed E-state index contributed by atoms with van der Waals surface area (Å²) >= 11 is 0. The molecule has 1 aromatic carbocycles. The van der Waals surface area contributed by atoms with E-state index in [4.69, 9.17) is 0 Å². The van der Waals surface area contributed by atoms with E-state index in [-0.39, 0.29) is 0 Å². The Hall–Kier alpha value is -1.84. The number of amides is 2. The number of carbonyl (C=O) groups is 2. The van der Waals surface area contributed by atoms with Crippen LogP contribution in [-0.2, 0) is 9.59 Å². The lowest BCUT2D eigenvalue weighted by Gasteiger charge is -2.16. The van der Waals surface area contributed by atoms with E-state index in [1.54, 1.807) is 4.90 Å². The monoisotopic (exact) mass is 260 g/mol. The Kier molecular flexibility index (Phi) is 3.88. The number of hydrogen-bond acceptors (Lipinski definition) is 2. The zero-order valence-corrected chi connectivity index (χ0v) is 11.7.